The zero-order valence-corrected chi connectivity index (χ0v) is 12.1. The molecule has 0 aromatic carbocycles. The number of nitrogens with zero attached hydrogens (tertiary/aromatic N) is 2. The first-order valence-electron chi connectivity index (χ1n) is 6.77. The third kappa shape index (κ3) is 2.97. The topological polar surface area (TPSA) is 27.6 Å². The van der Waals surface area contributed by atoms with Gasteiger partial charge in [-0.2, -0.15) is 0 Å². The molecule has 0 aromatic heterocycles. The predicted octanol–water partition coefficient (Wildman–Crippen LogP) is 2.33. The minimum Gasteiger partial charge on any atom is -0.361 e. The molecule has 1 saturated carbocycles. The fourth-order valence-corrected chi connectivity index (χ4v) is 3.83. The van der Waals surface area contributed by atoms with Gasteiger partial charge in [-0.1, -0.05) is 31.5 Å². The smallest absolute Gasteiger partial charge is 0.156 e. The third-order valence-electron chi connectivity index (χ3n) is 4.24. The van der Waals surface area contributed by atoms with Gasteiger partial charge in [-0.15, -0.1) is 0 Å². The van der Waals surface area contributed by atoms with Crippen LogP contribution >= 0.6 is 11.8 Å². The van der Waals surface area contributed by atoms with Crippen LogP contribution in [0.25, 0.3) is 0 Å². The molecule has 1 atom stereocenters. The number of nitrogens with one attached hydrogen (secondary N) is 1. The molecule has 17 heavy (non-hydrogen) atoms. The van der Waals surface area contributed by atoms with Crippen LogP contribution in [0.15, 0.2) is 4.99 Å². The highest BCUT2D eigenvalue weighted by molar-refractivity contribution is 8.14. The highest BCUT2D eigenvalue weighted by Crippen LogP contribution is 2.34. The average molecular weight is 255 g/mol. The van der Waals surface area contributed by atoms with Crippen LogP contribution < -0.4 is 5.32 Å². The molecular weight excluding hydrogens is 230 g/mol. The molecule has 98 valence electrons. The minimum atomic E-state index is 0.333. The average Bonchev–Trinajstić information content (AvgIpc) is 2.96. The van der Waals surface area contributed by atoms with E-state index in [9.17, 15) is 0 Å². The molecule has 1 aliphatic heterocycles. The van der Waals surface area contributed by atoms with Gasteiger partial charge in [0.1, 0.15) is 0 Å². The first-order chi connectivity index (χ1) is 8.16. The van der Waals surface area contributed by atoms with E-state index in [2.05, 4.69) is 31.2 Å². The molecule has 1 heterocycles. The number of likely N-dealkylation sites (N-methyl/N-ethyl adjacent to an activating group) is 1. The first kappa shape index (κ1) is 13.2. The largest absolute Gasteiger partial charge is 0.361 e. The van der Waals surface area contributed by atoms with E-state index >= 15 is 0 Å². The normalized spacial score (nSPS) is 30.1. The Balaban J connectivity index is 1.94. The quantitative estimate of drug-likeness (QED) is 0.835. The van der Waals surface area contributed by atoms with Gasteiger partial charge < -0.3 is 10.2 Å². The summed E-state index contributed by atoms with van der Waals surface area (Å²) in [5, 5.41) is 4.69. The number of hydrogen-bond donors (Lipinski definition) is 1. The van der Waals surface area contributed by atoms with E-state index in [4.69, 9.17) is 4.99 Å². The van der Waals surface area contributed by atoms with Gasteiger partial charge in [0.2, 0.25) is 0 Å². The molecule has 1 saturated heterocycles. The Morgan fingerprint density at radius 1 is 1.41 bits per heavy atom. The highest BCUT2D eigenvalue weighted by Gasteiger charge is 2.36. The molecule has 0 amide bonds. The van der Waals surface area contributed by atoms with Gasteiger partial charge in [-0.3, -0.25) is 4.99 Å². The third-order valence-corrected chi connectivity index (χ3v) is 5.33. The van der Waals surface area contributed by atoms with Crippen molar-refractivity contribution in [1.29, 1.82) is 0 Å². The van der Waals surface area contributed by atoms with Crippen molar-refractivity contribution in [2.45, 2.75) is 50.6 Å². The van der Waals surface area contributed by atoms with Gasteiger partial charge in [-0.05, 0) is 33.4 Å². The molecule has 2 fully saturated rings. The fourth-order valence-electron chi connectivity index (χ4n) is 2.75. The maximum absolute atomic E-state index is 4.82. The second-order valence-corrected chi connectivity index (χ2v) is 6.52. The van der Waals surface area contributed by atoms with Gasteiger partial charge in [0, 0.05) is 17.3 Å². The van der Waals surface area contributed by atoms with Crippen LogP contribution in [0.5, 0.6) is 0 Å². The van der Waals surface area contributed by atoms with E-state index in [1.54, 1.807) is 0 Å². The molecule has 2 rings (SSSR count). The summed E-state index contributed by atoms with van der Waals surface area (Å²) in [5.41, 5.74) is 0.333. The molecule has 4 heteroatoms. The molecule has 1 unspecified atom stereocenters. The van der Waals surface area contributed by atoms with Crippen molar-refractivity contribution < 1.29 is 0 Å². The summed E-state index contributed by atoms with van der Waals surface area (Å²) in [6.07, 6.45) is 6.53. The monoisotopic (exact) mass is 255 g/mol. The zero-order chi connectivity index (χ0) is 12.3. The van der Waals surface area contributed by atoms with Crippen molar-refractivity contribution in [2.24, 2.45) is 4.99 Å². The number of hydrogen-bond acceptors (Lipinski definition) is 3. The van der Waals surface area contributed by atoms with Crippen LogP contribution in [0.1, 0.15) is 39.0 Å². The summed E-state index contributed by atoms with van der Waals surface area (Å²) in [5.74, 6) is 1.18. The predicted molar refractivity (Wildman–Crippen MR) is 76.9 cm³/mol. The summed E-state index contributed by atoms with van der Waals surface area (Å²) in [6.45, 7) is 3.20. The number of thioether (sulfide) groups is 1. The lowest BCUT2D eigenvalue weighted by molar-refractivity contribution is 0.167. The SMILES string of the molecule is CCC1CSC(=NCC2(N(C)C)CCCC2)N1. The van der Waals surface area contributed by atoms with Crippen LogP contribution in [0.4, 0.5) is 0 Å². The number of amidine groups is 1. The molecule has 0 aromatic rings. The van der Waals surface area contributed by atoms with E-state index in [1.807, 2.05) is 11.8 Å². The lowest BCUT2D eigenvalue weighted by Gasteiger charge is -2.34. The van der Waals surface area contributed by atoms with Gasteiger partial charge in [0.25, 0.3) is 0 Å². The molecule has 0 radical (unpaired) electrons. The van der Waals surface area contributed by atoms with E-state index in [1.165, 1.54) is 43.0 Å². The van der Waals surface area contributed by atoms with Crippen molar-refractivity contribution in [3.05, 3.63) is 0 Å². The highest BCUT2D eigenvalue weighted by atomic mass is 32.2. The van der Waals surface area contributed by atoms with Gasteiger partial charge in [0.15, 0.2) is 5.17 Å². The Bertz CT molecular complexity index is 282. The second-order valence-electron chi connectivity index (χ2n) is 5.51. The summed E-state index contributed by atoms with van der Waals surface area (Å²) in [6, 6.07) is 0.637. The standard InChI is InChI=1S/C13H25N3S/c1-4-11-9-17-12(15-11)14-10-13(16(2)3)7-5-6-8-13/h11H,4-10H2,1-3H3,(H,14,15). The Hall–Kier alpha value is -0.220. The maximum atomic E-state index is 4.82. The maximum Gasteiger partial charge on any atom is 0.156 e. The van der Waals surface area contributed by atoms with Crippen LogP contribution in [-0.4, -0.2) is 48.0 Å². The molecule has 0 spiro atoms. The van der Waals surface area contributed by atoms with E-state index in [-0.39, 0.29) is 0 Å². The zero-order valence-electron chi connectivity index (χ0n) is 11.3. The second kappa shape index (κ2) is 5.61. The van der Waals surface area contributed by atoms with Crippen LogP contribution in [0.3, 0.4) is 0 Å². The first-order valence-corrected chi connectivity index (χ1v) is 7.76. The Labute approximate surface area is 109 Å². The molecule has 0 bridgehead atoms. The molecule has 2 aliphatic rings. The van der Waals surface area contributed by atoms with E-state index in [0.29, 0.717) is 11.6 Å². The van der Waals surface area contributed by atoms with Crippen LogP contribution in [0.2, 0.25) is 0 Å². The summed E-state index contributed by atoms with van der Waals surface area (Å²) in [7, 11) is 4.41. The fraction of sp³-hybridized carbons (Fsp3) is 0.923. The van der Waals surface area contributed by atoms with Crippen molar-refractivity contribution >= 4 is 16.9 Å². The summed E-state index contributed by atoms with van der Waals surface area (Å²) >= 11 is 1.89. The van der Waals surface area contributed by atoms with Gasteiger partial charge >= 0.3 is 0 Å². The molecule has 3 nitrogen and oxygen atoms in total. The van der Waals surface area contributed by atoms with Crippen molar-refractivity contribution in [2.75, 3.05) is 26.4 Å². The summed E-state index contributed by atoms with van der Waals surface area (Å²) < 4.78 is 0. The van der Waals surface area contributed by atoms with Crippen molar-refractivity contribution in [1.82, 2.24) is 10.2 Å². The summed E-state index contributed by atoms with van der Waals surface area (Å²) in [4.78, 5) is 7.21. The number of rotatable bonds is 4. The minimum absolute atomic E-state index is 0.333. The Morgan fingerprint density at radius 2 is 2.12 bits per heavy atom. The lowest BCUT2D eigenvalue weighted by atomic mass is 9.96. The van der Waals surface area contributed by atoms with Crippen LogP contribution in [-0.2, 0) is 0 Å². The van der Waals surface area contributed by atoms with Gasteiger partial charge in [0.05, 0.1) is 6.54 Å². The Morgan fingerprint density at radius 3 is 2.65 bits per heavy atom. The van der Waals surface area contributed by atoms with Gasteiger partial charge in [-0.25, -0.2) is 0 Å². The number of aliphatic imine (C=N–C) groups is 1. The molecule has 1 aliphatic carbocycles. The molecule has 1 N–H and O–H groups in total. The van der Waals surface area contributed by atoms with E-state index in [0.717, 1.165) is 6.54 Å². The van der Waals surface area contributed by atoms with Crippen molar-refractivity contribution in [3.63, 3.8) is 0 Å². The van der Waals surface area contributed by atoms with E-state index < -0.39 is 0 Å². The van der Waals surface area contributed by atoms with Crippen molar-refractivity contribution in [3.8, 4) is 0 Å². The van der Waals surface area contributed by atoms with Crippen LogP contribution in [0, 0.1) is 0 Å². The molecular formula is C13H25N3S. The Kier molecular flexibility index (Phi) is 4.36. The lowest BCUT2D eigenvalue weighted by Crippen LogP contribution is -2.44.